The van der Waals surface area contributed by atoms with Crippen LogP contribution in [0.15, 0.2) is 30.9 Å². The molecule has 0 atom stereocenters. The number of fused-ring (bicyclic) bond motifs is 1. The molecule has 3 heterocycles. The largest absolute Gasteiger partial charge is 0.317 e. The third-order valence-corrected chi connectivity index (χ3v) is 5.52. The van der Waals surface area contributed by atoms with Crippen molar-refractivity contribution in [3.8, 4) is 0 Å². The molecule has 4 rings (SSSR count). The number of carbonyl (C=O) groups excluding carboxylic acids is 1. The monoisotopic (exact) mass is 370 g/mol. The molecule has 1 N–H and O–H groups in total. The fourth-order valence-electron chi connectivity index (χ4n) is 3.85. The highest BCUT2D eigenvalue weighted by Crippen LogP contribution is 2.36. The van der Waals surface area contributed by atoms with E-state index in [9.17, 15) is 9.18 Å². The normalized spacial score (nSPS) is 20.3. The molecule has 7 nitrogen and oxygen atoms in total. The van der Waals surface area contributed by atoms with Gasteiger partial charge in [-0.1, -0.05) is 13.8 Å². The summed E-state index contributed by atoms with van der Waals surface area (Å²) < 4.78 is 17.5. The van der Waals surface area contributed by atoms with Crippen LogP contribution in [0.5, 0.6) is 0 Å². The number of anilines is 1. The zero-order chi connectivity index (χ0) is 19.0. The van der Waals surface area contributed by atoms with Crippen molar-refractivity contribution in [1.29, 1.82) is 0 Å². The summed E-state index contributed by atoms with van der Waals surface area (Å²) in [6.45, 7) is 4.50. The maximum atomic E-state index is 14.3. The van der Waals surface area contributed by atoms with Crippen LogP contribution in [0.25, 0.3) is 5.65 Å². The average molecular weight is 370 g/mol. The van der Waals surface area contributed by atoms with Crippen LogP contribution >= 0.6 is 0 Å². The zero-order valence-corrected chi connectivity index (χ0v) is 15.5. The van der Waals surface area contributed by atoms with E-state index in [1.807, 2.05) is 0 Å². The molecule has 0 spiro atoms. The number of aromatic nitrogens is 5. The van der Waals surface area contributed by atoms with Gasteiger partial charge in [-0.05, 0) is 43.6 Å². The molecule has 142 valence electrons. The maximum Gasteiger partial charge on any atom is 0.261 e. The topological polar surface area (TPSA) is 77.1 Å². The smallest absolute Gasteiger partial charge is 0.261 e. The van der Waals surface area contributed by atoms with Crippen molar-refractivity contribution < 1.29 is 9.18 Å². The minimum Gasteiger partial charge on any atom is -0.317 e. The van der Waals surface area contributed by atoms with Crippen LogP contribution in [0.2, 0.25) is 0 Å². The van der Waals surface area contributed by atoms with E-state index in [4.69, 9.17) is 0 Å². The summed E-state index contributed by atoms with van der Waals surface area (Å²) in [6.07, 6.45) is 10.5. The molecule has 1 aliphatic rings. The Hall–Kier alpha value is -2.77. The van der Waals surface area contributed by atoms with Gasteiger partial charge in [0, 0.05) is 12.4 Å². The summed E-state index contributed by atoms with van der Waals surface area (Å²) in [5.74, 6) is 0.281. The van der Waals surface area contributed by atoms with Gasteiger partial charge in [-0.3, -0.25) is 9.48 Å². The Morgan fingerprint density at radius 3 is 2.81 bits per heavy atom. The molecule has 1 fully saturated rings. The van der Waals surface area contributed by atoms with Gasteiger partial charge in [-0.15, -0.1) is 5.10 Å². The number of nitrogens with zero attached hydrogens (tertiary/aromatic N) is 5. The van der Waals surface area contributed by atoms with E-state index in [2.05, 4.69) is 34.3 Å². The summed E-state index contributed by atoms with van der Waals surface area (Å²) in [7, 11) is 0. The first-order valence-electron chi connectivity index (χ1n) is 9.37. The average Bonchev–Trinajstić information content (AvgIpc) is 3.26. The second-order valence-corrected chi connectivity index (χ2v) is 7.53. The van der Waals surface area contributed by atoms with Crippen LogP contribution in [0.4, 0.5) is 10.1 Å². The third-order valence-electron chi connectivity index (χ3n) is 5.52. The van der Waals surface area contributed by atoms with E-state index in [0.717, 1.165) is 31.6 Å². The van der Waals surface area contributed by atoms with E-state index in [1.54, 1.807) is 29.3 Å². The van der Waals surface area contributed by atoms with E-state index >= 15 is 0 Å². The van der Waals surface area contributed by atoms with Crippen molar-refractivity contribution in [3.63, 3.8) is 0 Å². The van der Waals surface area contributed by atoms with E-state index in [1.165, 1.54) is 10.7 Å². The quantitative estimate of drug-likeness (QED) is 0.760. The first-order chi connectivity index (χ1) is 13.0. The van der Waals surface area contributed by atoms with E-state index in [-0.39, 0.29) is 11.7 Å². The first-order valence-corrected chi connectivity index (χ1v) is 9.37. The third kappa shape index (κ3) is 3.43. The molecule has 3 aromatic heterocycles. The summed E-state index contributed by atoms with van der Waals surface area (Å²) in [6, 6.07) is 1.90. The van der Waals surface area contributed by atoms with Crippen LogP contribution < -0.4 is 5.32 Å². The summed E-state index contributed by atoms with van der Waals surface area (Å²) in [4.78, 5) is 16.7. The molecule has 3 aromatic rings. The van der Waals surface area contributed by atoms with Crippen molar-refractivity contribution in [2.75, 3.05) is 5.32 Å². The highest BCUT2D eigenvalue weighted by molar-refractivity contribution is 6.08. The number of amides is 1. The number of hydrogen-bond donors (Lipinski definition) is 1. The van der Waals surface area contributed by atoms with Gasteiger partial charge in [0.05, 0.1) is 18.4 Å². The molecule has 1 aliphatic carbocycles. The molecule has 0 radical (unpaired) electrons. The molecule has 0 saturated heterocycles. The van der Waals surface area contributed by atoms with Crippen molar-refractivity contribution >= 4 is 17.2 Å². The predicted molar refractivity (Wildman–Crippen MR) is 99.0 cm³/mol. The number of nitrogens with one attached hydrogen (secondary N) is 1. The second kappa shape index (κ2) is 7.09. The van der Waals surface area contributed by atoms with Crippen LogP contribution in [0.3, 0.4) is 0 Å². The SMILES string of the molecule is CC(C)[C@H]1CC[C@H](n2cc(NC(=O)c3cnn4cccnc34)c(F)n2)CC1. The molecule has 0 unspecified atom stereocenters. The van der Waals surface area contributed by atoms with Crippen molar-refractivity contribution in [2.24, 2.45) is 11.8 Å². The Kier molecular flexibility index (Phi) is 4.63. The molecule has 1 amide bonds. The second-order valence-electron chi connectivity index (χ2n) is 7.53. The number of halogens is 1. The highest BCUT2D eigenvalue weighted by atomic mass is 19.1. The lowest BCUT2D eigenvalue weighted by molar-refractivity contribution is 0.102. The van der Waals surface area contributed by atoms with Crippen molar-refractivity contribution in [1.82, 2.24) is 24.4 Å². The molecule has 8 heteroatoms. The molecule has 27 heavy (non-hydrogen) atoms. The van der Waals surface area contributed by atoms with Gasteiger partial charge in [0.1, 0.15) is 11.3 Å². The van der Waals surface area contributed by atoms with Gasteiger partial charge >= 0.3 is 0 Å². The number of hydrogen-bond acceptors (Lipinski definition) is 4. The fraction of sp³-hybridized carbons (Fsp3) is 0.474. The minimum atomic E-state index is -0.668. The van der Waals surface area contributed by atoms with Gasteiger partial charge in [0.2, 0.25) is 0 Å². The minimum absolute atomic E-state index is 0.0845. The summed E-state index contributed by atoms with van der Waals surface area (Å²) in [5.41, 5.74) is 0.802. The van der Waals surface area contributed by atoms with Crippen LogP contribution in [0, 0.1) is 17.8 Å². The maximum absolute atomic E-state index is 14.3. The molecule has 0 bridgehead atoms. The van der Waals surface area contributed by atoms with Gasteiger partial charge in [0.25, 0.3) is 11.9 Å². The van der Waals surface area contributed by atoms with Gasteiger partial charge in [0.15, 0.2) is 5.65 Å². The predicted octanol–water partition coefficient (Wildman–Crippen LogP) is 3.70. The standard InChI is InChI=1S/C19H23FN6O/c1-12(2)13-4-6-14(7-5-13)26-11-16(17(20)24-26)23-19(27)15-10-22-25-9-3-8-21-18(15)25/h3,8-14H,4-7H2,1-2H3,(H,23,27)/t13-,14-. The Bertz CT molecular complexity index is 954. The van der Waals surface area contributed by atoms with Crippen LogP contribution in [-0.2, 0) is 0 Å². The Morgan fingerprint density at radius 1 is 1.30 bits per heavy atom. The Balaban J connectivity index is 1.48. The fourth-order valence-corrected chi connectivity index (χ4v) is 3.85. The van der Waals surface area contributed by atoms with Gasteiger partial charge in [-0.2, -0.15) is 9.49 Å². The Morgan fingerprint density at radius 2 is 2.07 bits per heavy atom. The molecule has 0 aliphatic heterocycles. The lowest BCUT2D eigenvalue weighted by atomic mass is 9.80. The molecule has 1 saturated carbocycles. The van der Waals surface area contributed by atoms with Gasteiger partial charge in [-0.25, -0.2) is 9.50 Å². The molecule has 0 aromatic carbocycles. The van der Waals surface area contributed by atoms with Crippen LogP contribution in [-0.4, -0.2) is 30.3 Å². The lowest BCUT2D eigenvalue weighted by Crippen LogP contribution is -2.21. The van der Waals surface area contributed by atoms with Crippen molar-refractivity contribution in [3.05, 3.63) is 42.4 Å². The number of rotatable bonds is 4. The van der Waals surface area contributed by atoms with Gasteiger partial charge < -0.3 is 5.32 Å². The molecular weight excluding hydrogens is 347 g/mol. The van der Waals surface area contributed by atoms with Crippen molar-refractivity contribution in [2.45, 2.75) is 45.6 Å². The number of carbonyl (C=O) groups is 1. The molecular formula is C19H23FN6O. The zero-order valence-electron chi connectivity index (χ0n) is 15.5. The lowest BCUT2D eigenvalue weighted by Gasteiger charge is -2.30. The summed E-state index contributed by atoms with van der Waals surface area (Å²) in [5, 5.41) is 10.7. The first kappa shape index (κ1) is 17.6. The van der Waals surface area contributed by atoms with E-state index < -0.39 is 11.9 Å². The van der Waals surface area contributed by atoms with Crippen LogP contribution in [0.1, 0.15) is 55.9 Å². The Labute approximate surface area is 156 Å². The highest BCUT2D eigenvalue weighted by Gasteiger charge is 2.26. The van der Waals surface area contributed by atoms with E-state index in [0.29, 0.717) is 17.1 Å². The summed E-state index contributed by atoms with van der Waals surface area (Å²) >= 11 is 0.